The van der Waals surface area contributed by atoms with Crippen LogP contribution in [0.15, 0.2) is 30.5 Å². The number of rotatable bonds is 4. The molecular formula is C16H20N4. The Hall–Kier alpha value is -2.07. The van der Waals surface area contributed by atoms with E-state index >= 15 is 0 Å². The zero-order valence-electron chi connectivity index (χ0n) is 12.2. The molecule has 0 radical (unpaired) electrons. The predicted molar refractivity (Wildman–Crippen MR) is 81.5 cm³/mol. The van der Waals surface area contributed by atoms with E-state index in [1.54, 1.807) is 0 Å². The van der Waals surface area contributed by atoms with Gasteiger partial charge in [-0.15, -0.1) is 0 Å². The molecule has 2 aromatic heterocycles. The van der Waals surface area contributed by atoms with Gasteiger partial charge >= 0.3 is 0 Å². The van der Waals surface area contributed by atoms with Crippen LogP contribution in [0.5, 0.6) is 0 Å². The highest BCUT2D eigenvalue weighted by Gasteiger charge is 2.09. The minimum atomic E-state index is 0.853. The molecule has 0 fully saturated rings. The summed E-state index contributed by atoms with van der Waals surface area (Å²) in [6, 6.07) is 8.50. The molecule has 0 aliphatic rings. The molecule has 4 nitrogen and oxygen atoms in total. The van der Waals surface area contributed by atoms with Crippen LogP contribution in [0.2, 0.25) is 0 Å². The summed E-state index contributed by atoms with van der Waals surface area (Å²) in [6.45, 7) is 5.90. The van der Waals surface area contributed by atoms with Crippen molar-refractivity contribution in [2.45, 2.75) is 26.9 Å². The largest absolute Gasteiger partial charge is 0.361 e. The highest BCUT2D eigenvalue weighted by Crippen LogP contribution is 2.17. The summed E-state index contributed by atoms with van der Waals surface area (Å²) in [7, 11) is 1.99. The van der Waals surface area contributed by atoms with Crippen LogP contribution >= 0.6 is 0 Å². The second-order valence-electron chi connectivity index (χ2n) is 5.23. The highest BCUT2D eigenvalue weighted by atomic mass is 15.3. The lowest BCUT2D eigenvalue weighted by molar-refractivity contribution is 0.687. The maximum atomic E-state index is 4.45. The molecule has 0 aliphatic heterocycles. The van der Waals surface area contributed by atoms with Crippen molar-refractivity contribution in [1.82, 2.24) is 20.1 Å². The van der Waals surface area contributed by atoms with Crippen molar-refractivity contribution in [2.24, 2.45) is 7.05 Å². The molecule has 3 rings (SSSR count). The summed E-state index contributed by atoms with van der Waals surface area (Å²) >= 11 is 0. The lowest BCUT2D eigenvalue weighted by atomic mass is 10.1. The van der Waals surface area contributed by atoms with Crippen LogP contribution in [0.25, 0.3) is 10.9 Å². The Labute approximate surface area is 118 Å². The first kappa shape index (κ1) is 12.9. The lowest BCUT2D eigenvalue weighted by Crippen LogP contribution is -2.14. The van der Waals surface area contributed by atoms with Crippen molar-refractivity contribution in [1.29, 1.82) is 0 Å². The van der Waals surface area contributed by atoms with Crippen molar-refractivity contribution >= 4 is 10.9 Å². The topological polar surface area (TPSA) is 45.6 Å². The molecule has 0 aliphatic carbocycles. The third-order valence-corrected chi connectivity index (χ3v) is 3.96. The van der Waals surface area contributed by atoms with Crippen LogP contribution in [0.4, 0.5) is 0 Å². The van der Waals surface area contributed by atoms with Crippen LogP contribution in [0.1, 0.15) is 22.5 Å². The van der Waals surface area contributed by atoms with E-state index in [0.29, 0.717) is 0 Å². The van der Waals surface area contributed by atoms with Gasteiger partial charge in [-0.3, -0.25) is 4.68 Å². The minimum Gasteiger partial charge on any atom is -0.361 e. The molecule has 0 atom stereocenters. The number of nitrogens with one attached hydrogen (secondary N) is 2. The predicted octanol–water partition coefficient (Wildman–Crippen LogP) is 2.81. The summed E-state index contributed by atoms with van der Waals surface area (Å²) < 4.78 is 1.94. The molecule has 0 unspecified atom stereocenters. The fraction of sp³-hybridized carbons (Fsp3) is 0.312. The molecule has 0 spiro atoms. The van der Waals surface area contributed by atoms with Gasteiger partial charge in [-0.25, -0.2) is 0 Å². The van der Waals surface area contributed by atoms with Gasteiger partial charge in [-0.1, -0.05) is 12.1 Å². The number of aromatic amines is 1. The van der Waals surface area contributed by atoms with Crippen molar-refractivity contribution < 1.29 is 0 Å². The van der Waals surface area contributed by atoms with E-state index in [1.807, 2.05) is 17.9 Å². The van der Waals surface area contributed by atoms with E-state index in [9.17, 15) is 0 Å². The SMILES string of the molecule is Cc1nn(C)c(C)c1CNCc1cccc2[nH]ccc12. The number of aryl methyl sites for hydroxylation is 2. The number of hydrogen-bond donors (Lipinski definition) is 2. The Bertz CT molecular complexity index is 736. The number of benzene rings is 1. The van der Waals surface area contributed by atoms with E-state index in [1.165, 1.54) is 27.7 Å². The van der Waals surface area contributed by atoms with E-state index in [-0.39, 0.29) is 0 Å². The average molecular weight is 268 g/mol. The van der Waals surface area contributed by atoms with Crippen LogP contribution in [0.3, 0.4) is 0 Å². The number of fused-ring (bicyclic) bond motifs is 1. The zero-order valence-corrected chi connectivity index (χ0v) is 12.2. The quantitative estimate of drug-likeness (QED) is 0.764. The molecule has 0 saturated carbocycles. The van der Waals surface area contributed by atoms with Crippen molar-refractivity contribution in [3.8, 4) is 0 Å². The Balaban J connectivity index is 1.73. The molecule has 4 heteroatoms. The monoisotopic (exact) mass is 268 g/mol. The summed E-state index contributed by atoms with van der Waals surface area (Å²) in [5.74, 6) is 0. The number of hydrogen-bond acceptors (Lipinski definition) is 2. The van der Waals surface area contributed by atoms with Gasteiger partial charge in [-0.05, 0) is 31.5 Å². The van der Waals surface area contributed by atoms with Gasteiger partial charge in [0.2, 0.25) is 0 Å². The van der Waals surface area contributed by atoms with E-state index < -0.39 is 0 Å². The maximum absolute atomic E-state index is 4.45. The molecule has 0 bridgehead atoms. The molecule has 2 N–H and O–H groups in total. The Morgan fingerprint density at radius 1 is 1.20 bits per heavy atom. The molecule has 3 aromatic rings. The standard InChI is InChI=1S/C16H20N4/c1-11-15(12(2)20(3)19-11)10-17-9-13-5-4-6-16-14(13)7-8-18-16/h4-8,17-18H,9-10H2,1-3H3. The molecular weight excluding hydrogens is 248 g/mol. The summed E-state index contributed by atoms with van der Waals surface area (Å²) in [4.78, 5) is 3.25. The van der Waals surface area contributed by atoms with Gasteiger partial charge in [0.15, 0.2) is 0 Å². The van der Waals surface area contributed by atoms with Crippen LogP contribution < -0.4 is 5.32 Å². The molecule has 20 heavy (non-hydrogen) atoms. The van der Waals surface area contributed by atoms with Crippen LogP contribution in [0, 0.1) is 13.8 Å². The van der Waals surface area contributed by atoms with Gasteiger partial charge in [0.05, 0.1) is 5.69 Å². The van der Waals surface area contributed by atoms with Crippen molar-refractivity contribution in [3.63, 3.8) is 0 Å². The minimum absolute atomic E-state index is 0.853. The fourth-order valence-electron chi connectivity index (χ4n) is 2.70. The summed E-state index contributed by atoms with van der Waals surface area (Å²) in [5, 5.41) is 9.27. The van der Waals surface area contributed by atoms with Crippen molar-refractivity contribution in [2.75, 3.05) is 0 Å². The smallest absolute Gasteiger partial charge is 0.0641 e. The van der Waals surface area contributed by atoms with Gasteiger partial charge in [0, 0.05) is 48.5 Å². The Morgan fingerprint density at radius 2 is 2.05 bits per heavy atom. The number of H-pyrrole nitrogens is 1. The zero-order chi connectivity index (χ0) is 14.1. The van der Waals surface area contributed by atoms with E-state index in [2.05, 4.69) is 53.5 Å². The van der Waals surface area contributed by atoms with E-state index in [4.69, 9.17) is 0 Å². The molecule has 104 valence electrons. The van der Waals surface area contributed by atoms with E-state index in [0.717, 1.165) is 18.8 Å². The van der Waals surface area contributed by atoms with Crippen molar-refractivity contribution in [3.05, 3.63) is 53.0 Å². The summed E-state index contributed by atoms with van der Waals surface area (Å²) in [6.07, 6.45) is 1.99. The summed E-state index contributed by atoms with van der Waals surface area (Å²) in [5.41, 5.74) is 6.15. The number of aromatic nitrogens is 3. The van der Waals surface area contributed by atoms with Gasteiger partial charge in [0.25, 0.3) is 0 Å². The average Bonchev–Trinajstić information content (AvgIpc) is 2.99. The van der Waals surface area contributed by atoms with Gasteiger partial charge in [0.1, 0.15) is 0 Å². The second-order valence-corrected chi connectivity index (χ2v) is 5.23. The van der Waals surface area contributed by atoms with Gasteiger partial charge in [-0.2, -0.15) is 5.10 Å². The number of nitrogens with zero attached hydrogens (tertiary/aromatic N) is 2. The maximum Gasteiger partial charge on any atom is 0.0641 e. The lowest BCUT2D eigenvalue weighted by Gasteiger charge is -2.07. The fourth-order valence-corrected chi connectivity index (χ4v) is 2.70. The van der Waals surface area contributed by atoms with Crippen LogP contribution in [-0.2, 0) is 20.1 Å². The highest BCUT2D eigenvalue weighted by molar-refractivity contribution is 5.82. The Kier molecular flexibility index (Phi) is 3.32. The molecule has 0 amide bonds. The molecule has 1 aromatic carbocycles. The first-order valence-corrected chi connectivity index (χ1v) is 6.91. The third kappa shape index (κ3) is 2.23. The van der Waals surface area contributed by atoms with Crippen LogP contribution in [-0.4, -0.2) is 14.8 Å². The first-order valence-electron chi connectivity index (χ1n) is 6.91. The third-order valence-electron chi connectivity index (χ3n) is 3.96. The first-order chi connectivity index (χ1) is 9.66. The Morgan fingerprint density at radius 3 is 2.80 bits per heavy atom. The molecule has 0 saturated heterocycles. The van der Waals surface area contributed by atoms with Gasteiger partial charge < -0.3 is 10.3 Å². The second kappa shape index (κ2) is 5.13. The normalized spacial score (nSPS) is 11.3. The molecule has 2 heterocycles.